The number of aryl methyl sites for hydroxylation is 1. The topological polar surface area (TPSA) is 59.3 Å². The molecule has 0 spiro atoms. The van der Waals surface area contributed by atoms with E-state index >= 15 is 0 Å². The van der Waals surface area contributed by atoms with E-state index in [1.54, 1.807) is 48.8 Å². The normalized spacial score (nSPS) is 11.5. The van der Waals surface area contributed by atoms with Crippen molar-refractivity contribution < 1.29 is 9.18 Å². The van der Waals surface area contributed by atoms with E-state index in [0.717, 1.165) is 28.1 Å². The van der Waals surface area contributed by atoms with Crippen LogP contribution in [0.2, 0.25) is 5.02 Å². The summed E-state index contributed by atoms with van der Waals surface area (Å²) in [5.41, 5.74) is 4.83. The van der Waals surface area contributed by atoms with Crippen molar-refractivity contribution in [3.05, 3.63) is 130 Å². The molecule has 2 heterocycles. The maximum atomic E-state index is 13.8. The number of amides is 1. The van der Waals surface area contributed by atoms with Gasteiger partial charge in [-0.2, -0.15) is 0 Å². The van der Waals surface area contributed by atoms with E-state index in [2.05, 4.69) is 10.3 Å². The fourth-order valence-electron chi connectivity index (χ4n) is 3.80. The molecule has 0 bridgehead atoms. The van der Waals surface area contributed by atoms with Gasteiger partial charge in [-0.3, -0.25) is 9.78 Å². The Morgan fingerprint density at radius 2 is 1.76 bits per heavy atom. The lowest BCUT2D eigenvalue weighted by atomic mass is 10.1. The Morgan fingerprint density at radius 3 is 2.43 bits per heavy atom. The van der Waals surface area contributed by atoms with Crippen molar-refractivity contribution in [3.63, 3.8) is 0 Å². The van der Waals surface area contributed by atoms with Gasteiger partial charge in [-0.05, 0) is 79.2 Å². The molecule has 37 heavy (non-hydrogen) atoms. The first-order chi connectivity index (χ1) is 18.0. The number of nitrogens with zero attached hydrogens (tertiary/aromatic N) is 3. The molecule has 0 atom stereocenters. The second kappa shape index (κ2) is 10.9. The van der Waals surface area contributed by atoms with Gasteiger partial charge in [0, 0.05) is 28.5 Å². The first kappa shape index (κ1) is 24.6. The zero-order valence-corrected chi connectivity index (χ0v) is 21.4. The third-order valence-corrected chi connectivity index (χ3v) is 6.93. The molecule has 0 unspecified atom stereocenters. The van der Waals surface area contributed by atoms with Crippen LogP contribution < -0.4 is 10.1 Å². The lowest BCUT2D eigenvalue weighted by molar-refractivity contribution is 0.102. The summed E-state index contributed by atoms with van der Waals surface area (Å²) in [6, 6.07) is 24.7. The van der Waals surface area contributed by atoms with Gasteiger partial charge in [0.1, 0.15) is 10.8 Å². The first-order valence-corrected chi connectivity index (χ1v) is 12.7. The molecular weight excluding hydrogens is 507 g/mol. The van der Waals surface area contributed by atoms with Crippen molar-refractivity contribution in [2.24, 2.45) is 4.99 Å². The Labute approximate surface area is 222 Å². The van der Waals surface area contributed by atoms with Crippen molar-refractivity contribution >= 4 is 39.5 Å². The monoisotopic (exact) mass is 528 g/mol. The molecule has 0 fully saturated rings. The number of thiazole rings is 1. The number of anilines is 1. The molecule has 8 heteroatoms. The number of aromatic nitrogens is 2. The molecular formula is C29H22ClFN4OS. The van der Waals surface area contributed by atoms with E-state index in [1.165, 1.54) is 23.5 Å². The highest BCUT2D eigenvalue weighted by atomic mass is 35.5. The van der Waals surface area contributed by atoms with E-state index < -0.39 is 0 Å². The minimum Gasteiger partial charge on any atom is -0.312 e. The largest absolute Gasteiger partial charge is 0.312 e. The molecule has 1 amide bonds. The highest BCUT2D eigenvalue weighted by molar-refractivity contribution is 7.14. The highest BCUT2D eigenvalue weighted by Gasteiger charge is 2.19. The summed E-state index contributed by atoms with van der Waals surface area (Å²) in [7, 11) is 0. The lowest BCUT2D eigenvalue weighted by Crippen LogP contribution is -2.17. The van der Waals surface area contributed by atoms with Crippen molar-refractivity contribution in [2.75, 3.05) is 5.32 Å². The van der Waals surface area contributed by atoms with Crippen molar-refractivity contribution in [2.45, 2.75) is 13.5 Å². The van der Waals surface area contributed by atoms with Gasteiger partial charge >= 0.3 is 0 Å². The van der Waals surface area contributed by atoms with Gasteiger partial charge in [0.25, 0.3) is 5.91 Å². The molecule has 0 saturated carbocycles. The molecule has 5 aromatic rings. The molecule has 3 aromatic carbocycles. The van der Waals surface area contributed by atoms with Crippen LogP contribution in [0.4, 0.5) is 15.1 Å². The Kier molecular flexibility index (Phi) is 7.25. The maximum absolute atomic E-state index is 13.8. The summed E-state index contributed by atoms with van der Waals surface area (Å²) in [5, 5.41) is 4.19. The first-order valence-electron chi connectivity index (χ1n) is 11.5. The fraction of sp³-hybridized carbons (Fsp3) is 0.0690. The van der Waals surface area contributed by atoms with E-state index in [4.69, 9.17) is 16.6 Å². The van der Waals surface area contributed by atoms with Crippen molar-refractivity contribution in [3.8, 4) is 11.3 Å². The molecule has 184 valence electrons. The molecule has 0 saturated heterocycles. The number of rotatable bonds is 6. The minimum absolute atomic E-state index is 0.281. The Bertz CT molecular complexity index is 1590. The maximum Gasteiger partial charge on any atom is 0.256 e. The van der Waals surface area contributed by atoms with Crippen LogP contribution in [0.5, 0.6) is 0 Å². The zero-order chi connectivity index (χ0) is 25.8. The third kappa shape index (κ3) is 5.85. The van der Waals surface area contributed by atoms with Crippen LogP contribution in [-0.2, 0) is 6.54 Å². The zero-order valence-electron chi connectivity index (χ0n) is 19.9. The second-order valence-electron chi connectivity index (χ2n) is 8.43. The molecule has 2 aromatic heterocycles. The Balaban J connectivity index is 1.69. The van der Waals surface area contributed by atoms with Crippen LogP contribution in [0.3, 0.4) is 0 Å². The van der Waals surface area contributed by atoms with E-state index in [-0.39, 0.29) is 11.7 Å². The van der Waals surface area contributed by atoms with Crippen LogP contribution >= 0.6 is 22.9 Å². The lowest BCUT2D eigenvalue weighted by Gasteiger charge is -2.12. The summed E-state index contributed by atoms with van der Waals surface area (Å²) in [4.78, 5) is 23.0. The van der Waals surface area contributed by atoms with Crippen LogP contribution in [0.15, 0.2) is 102 Å². The van der Waals surface area contributed by atoms with Crippen LogP contribution in [-0.4, -0.2) is 15.5 Å². The molecule has 0 aliphatic carbocycles. The molecule has 1 N–H and O–H groups in total. The number of pyridine rings is 1. The second-order valence-corrected chi connectivity index (χ2v) is 9.84. The summed E-state index contributed by atoms with van der Waals surface area (Å²) in [5.74, 6) is -0.620. The van der Waals surface area contributed by atoms with E-state index in [0.29, 0.717) is 26.9 Å². The number of benzene rings is 3. The number of hydrogen-bond acceptors (Lipinski definition) is 4. The van der Waals surface area contributed by atoms with Gasteiger partial charge in [-0.15, -0.1) is 0 Å². The molecule has 0 radical (unpaired) electrons. The summed E-state index contributed by atoms with van der Waals surface area (Å²) in [6.07, 6.45) is 3.51. The number of hydrogen-bond donors (Lipinski definition) is 1. The van der Waals surface area contributed by atoms with Crippen molar-refractivity contribution in [1.82, 2.24) is 9.55 Å². The number of nitrogens with one attached hydrogen (secondary N) is 1. The third-order valence-electron chi connectivity index (χ3n) is 5.68. The Morgan fingerprint density at radius 1 is 1.03 bits per heavy atom. The van der Waals surface area contributed by atoms with Gasteiger partial charge in [0.05, 0.1) is 17.9 Å². The van der Waals surface area contributed by atoms with Gasteiger partial charge < -0.3 is 9.88 Å². The van der Waals surface area contributed by atoms with Gasteiger partial charge in [0.15, 0.2) is 4.80 Å². The average Bonchev–Trinajstić information content (AvgIpc) is 3.22. The summed E-state index contributed by atoms with van der Waals surface area (Å²) < 4.78 is 15.8. The fourth-order valence-corrected chi connectivity index (χ4v) is 5.00. The number of carbonyl (C=O) groups is 1. The Hall–Kier alpha value is -4.07. The smallest absolute Gasteiger partial charge is 0.256 e. The van der Waals surface area contributed by atoms with E-state index in [1.807, 2.05) is 47.9 Å². The van der Waals surface area contributed by atoms with Crippen LogP contribution in [0, 0.1) is 12.7 Å². The minimum atomic E-state index is -0.339. The van der Waals surface area contributed by atoms with Gasteiger partial charge in [-0.1, -0.05) is 46.7 Å². The molecule has 0 aliphatic heterocycles. The molecule has 5 rings (SSSR count). The molecule has 5 nitrogen and oxygen atoms in total. The van der Waals surface area contributed by atoms with E-state index in [9.17, 15) is 9.18 Å². The average molecular weight is 529 g/mol. The summed E-state index contributed by atoms with van der Waals surface area (Å²) >= 11 is 7.36. The summed E-state index contributed by atoms with van der Waals surface area (Å²) in [6.45, 7) is 2.48. The predicted molar refractivity (Wildman–Crippen MR) is 147 cm³/mol. The number of halogens is 2. The highest BCUT2D eigenvalue weighted by Crippen LogP contribution is 2.32. The van der Waals surface area contributed by atoms with Gasteiger partial charge in [0.2, 0.25) is 0 Å². The van der Waals surface area contributed by atoms with Gasteiger partial charge in [-0.25, -0.2) is 9.38 Å². The quantitative estimate of drug-likeness (QED) is 0.252. The predicted octanol–water partition coefficient (Wildman–Crippen LogP) is 7.25. The molecule has 0 aliphatic rings. The number of carbonyl (C=O) groups excluding carboxylic acids is 1. The van der Waals surface area contributed by atoms with Crippen LogP contribution in [0.25, 0.3) is 11.3 Å². The SMILES string of the molecule is Cc1ccc(N=c2sc(NC(=O)c3ccc(Cl)cc3)c(-c3ccc(F)cc3)n2Cc2cccnc2)cc1. The van der Waals surface area contributed by atoms with Crippen LogP contribution in [0.1, 0.15) is 21.5 Å². The van der Waals surface area contributed by atoms with Crippen molar-refractivity contribution in [1.29, 1.82) is 0 Å². The standard InChI is InChI=1S/C29H22ClFN4OS/c1-19-4-14-25(15-5-19)33-29-35(18-20-3-2-16-32-17-20)26(21-8-12-24(31)13-9-21)28(37-29)34-27(36)22-6-10-23(30)11-7-22/h2-17H,18H2,1H3,(H,34,36).